The highest BCUT2D eigenvalue weighted by atomic mass is 35.5. The van der Waals surface area contributed by atoms with Crippen molar-refractivity contribution in [1.29, 1.82) is 0 Å². The van der Waals surface area contributed by atoms with Crippen LogP contribution in [0.1, 0.15) is 39.2 Å². The van der Waals surface area contributed by atoms with Crippen molar-refractivity contribution in [2.75, 3.05) is 24.9 Å². The molecule has 0 heterocycles. The molecule has 1 N–H and O–H groups in total. The first-order valence-corrected chi connectivity index (χ1v) is 14.0. The normalized spacial score (nSPS) is 13.2. The Morgan fingerprint density at radius 1 is 1.05 bits per heavy atom. The van der Waals surface area contributed by atoms with Crippen LogP contribution in [0.15, 0.2) is 42.5 Å². The molecule has 37 heavy (non-hydrogen) atoms. The summed E-state index contributed by atoms with van der Waals surface area (Å²) >= 11 is 12.4. The van der Waals surface area contributed by atoms with Crippen molar-refractivity contribution in [3.63, 3.8) is 0 Å². The highest BCUT2D eigenvalue weighted by Gasteiger charge is 2.35. The van der Waals surface area contributed by atoms with Gasteiger partial charge in [-0.25, -0.2) is 8.70 Å². The molecule has 0 saturated carbocycles. The van der Waals surface area contributed by atoms with E-state index in [4.69, 9.17) is 23.2 Å². The first-order valence-electron chi connectivity index (χ1n) is 11.8. The second kappa shape index (κ2) is 13.4. The molecule has 2 aromatic rings. The zero-order valence-electron chi connectivity index (χ0n) is 21.5. The highest BCUT2D eigenvalue weighted by Crippen LogP contribution is 2.26. The molecule has 0 radical (unpaired) electrons. The summed E-state index contributed by atoms with van der Waals surface area (Å²) in [4.78, 5) is 28.2. The Labute approximate surface area is 228 Å². The number of anilines is 1. The fourth-order valence-corrected chi connectivity index (χ4v) is 5.08. The molecule has 0 saturated heterocycles. The van der Waals surface area contributed by atoms with Gasteiger partial charge in [0, 0.05) is 36.7 Å². The minimum absolute atomic E-state index is 0.0889. The van der Waals surface area contributed by atoms with Crippen LogP contribution in [0, 0.1) is 5.82 Å². The van der Waals surface area contributed by atoms with Gasteiger partial charge in [0.2, 0.25) is 11.8 Å². The zero-order valence-corrected chi connectivity index (χ0v) is 23.9. The molecular formula is C25H33Cl2FN4O4S. The van der Waals surface area contributed by atoms with Gasteiger partial charge in [0.25, 0.3) is 0 Å². The second-order valence-corrected chi connectivity index (χ2v) is 11.7. The molecule has 0 unspecified atom stereocenters. The Morgan fingerprint density at radius 2 is 1.70 bits per heavy atom. The molecule has 0 fully saturated rings. The van der Waals surface area contributed by atoms with Crippen LogP contribution in [-0.2, 0) is 26.3 Å². The molecule has 2 amide bonds. The van der Waals surface area contributed by atoms with Crippen LogP contribution in [0.25, 0.3) is 0 Å². The summed E-state index contributed by atoms with van der Waals surface area (Å²) in [5.74, 6) is -1.90. The van der Waals surface area contributed by atoms with Crippen molar-refractivity contribution < 1.29 is 22.4 Å². The number of nitrogens with zero attached hydrogens (tertiary/aromatic N) is 3. The molecule has 0 aromatic heterocycles. The van der Waals surface area contributed by atoms with Crippen molar-refractivity contribution in [1.82, 2.24) is 14.5 Å². The summed E-state index contributed by atoms with van der Waals surface area (Å²) in [6, 6.07) is 8.96. The zero-order chi connectivity index (χ0) is 27.9. The highest BCUT2D eigenvalue weighted by molar-refractivity contribution is 7.90. The number of benzene rings is 2. The van der Waals surface area contributed by atoms with Crippen molar-refractivity contribution >= 4 is 50.9 Å². The van der Waals surface area contributed by atoms with Gasteiger partial charge in [-0.15, -0.1) is 0 Å². The van der Waals surface area contributed by atoms with E-state index in [1.807, 2.05) is 13.8 Å². The second-order valence-electron chi connectivity index (χ2n) is 8.75. The van der Waals surface area contributed by atoms with Gasteiger partial charge in [0.1, 0.15) is 18.4 Å². The number of carbonyl (C=O) groups excluding carboxylic acids is 2. The van der Waals surface area contributed by atoms with E-state index in [2.05, 4.69) is 5.32 Å². The van der Waals surface area contributed by atoms with E-state index in [1.54, 1.807) is 19.1 Å². The average molecular weight is 576 g/mol. The summed E-state index contributed by atoms with van der Waals surface area (Å²) in [6.45, 7) is 4.68. The third-order valence-electron chi connectivity index (χ3n) is 5.88. The molecule has 0 aliphatic rings. The first kappa shape index (κ1) is 30.8. The predicted molar refractivity (Wildman–Crippen MR) is 145 cm³/mol. The van der Waals surface area contributed by atoms with E-state index in [1.165, 1.54) is 43.3 Å². The van der Waals surface area contributed by atoms with Gasteiger partial charge in [-0.05, 0) is 49.6 Å². The topological polar surface area (TPSA) is 90.0 Å². The fourth-order valence-electron chi connectivity index (χ4n) is 3.55. The van der Waals surface area contributed by atoms with Gasteiger partial charge in [-0.2, -0.15) is 12.7 Å². The third kappa shape index (κ3) is 7.80. The first-order chi connectivity index (χ1) is 17.3. The SMILES string of the molecule is CC[C@H](C(=O)N[C@@H](C)CC)N(Cc1ccc(Cl)cc1Cl)C(=O)CN(c1ccccc1F)S(=O)(=O)N(C)C. The van der Waals surface area contributed by atoms with Crippen LogP contribution in [0.4, 0.5) is 10.1 Å². The third-order valence-corrected chi connectivity index (χ3v) is 8.28. The molecule has 8 nitrogen and oxygen atoms in total. The van der Waals surface area contributed by atoms with Gasteiger partial charge in [-0.3, -0.25) is 9.59 Å². The molecule has 2 atom stereocenters. The van der Waals surface area contributed by atoms with Gasteiger partial charge in [0.15, 0.2) is 0 Å². The number of amides is 2. The van der Waals surface area contributed by atoms with Crippen molar-refractivity contribution in [3.05, 3.63) is 63.9 Å². The van der Waals surface area contributed by atoms with E-state index in [-0.39, 0.29) is 35.6 Å². The van der Waals surface area contributed by atoms with Crippen LogP contribution < -0.4 is 9.62 Å². The Bertz CT molecular complexity index is 1210. The molecule has 2 aromatic carbocycles. The Morgan fingerprint density at radius 3 is 2.24 bits per heavy atom. The lowest BCUT2D eigenvalue weighted by atomic mass is 10.1. The maximum Gasteiger partial charge on any atom is 0.304 e. The summed E-state index contributed by atoms with van der Waals surface area (Å²) in [5.41, 5.74) is 0.230. The van der Waals surface area contributed by atoms with E-state index in [0.29, 0.717) is 21.3 Å². The molecule has 2 rings (SSSR count). The summed E-state index contributed by atoms with van der Waals surface area (Å²) in [6.07, 6.45) is 0.931. The summed E-state index contributed by atoms with van der Waals surface area (Å²) in [5, 5.41) is 3.57. The van der Waals surface area contributed by atoms with E-state index < -0.39 is 34.5 Å². The standard InChI is InChI=1S/C25H33Cl2FN4O4S/c1-6-17(3)29-25(34)22(7-2)31(15-18-12-13-19(26)14-20(18)27)24(33)16-32(37(35,36)30(4)5)23-11-9-8-10-21(23)28/h8-14,17,22H,6-7,15-16H2,1-5H3,(H,29,34)/t17-,22+/m0/s1. The minimum atomic E-state index is -4.27. The smallest absolute Gasteiger partial charge is 0.304 e. The van der Waals surface area contributed by atoms with Crippen molar-refractivity contribution in [2.45, 2.75) is 52.2 Å². The molecule has 12 heteroatoms. The number of rotatable bonds is 12. The van der Waals surface area contributed by atoms with Crippen LogP contribution in [0.5, 0.6) is 0 Å². The lowest BCUT2D eigenvalue weighted by Crippen LogP contribution is -2.54. The quantitative estimate of drug-likeness (QED) is 0.405. The maximum atomic E-state index is 14.7. The largest absolute Gasteiger partial charge is 0.352 e. The summed E-state index contributed by atoms with van der Waals surface area (Å²) in [7, 11) is -1.70. The number of nitrogens with one attached hydrogen (secondary N) is 1. The molecule has 0 spiro atoms. The Balaban J connectivity index is 2.56. The van der Waals surface area contributed by atoms with Crippen LogP contribution in [0.2, 0.25) is 10.0 Å². The lowest BCUT2D eigenvalue weighted by molar-refractivity contribution is -0.140. The van der Waals surface area contributed by atoms with E-state index >= 15 is 0 Å². The molecular weight excluding hydrogens is 542 g/mol. The maximum absolute atomic E-state index is 14.7. The number of carbonyl (C=O) groups is 2. The molecule has 0 aliphatic heterocycles. The number of hydrogen-bond acceptors (Lipinski definition) is 4. The fraction of sp³-hybridized carbons (Fsp3) is 0.440. The number of hydrogen-bond donors (Lipinski definition) is 1. The lowest BCUT2D eigenvalue weighted by Gasteiger charge is -2.34. The van der Waals surface area contributed by atoms with Gasteiger partial charge < -0.3 is 10.2 Å². The van der Waals surface area contributed by atoms with Gasteiger partial charge in [-0.1, -0.05) is 55.2 Å². The molecule has 0 bridgehead atoms. The van der Waals surface area contributed by atoms with Crippen molar-refractivity contribution in [2.24, 2.45) is 0 Å². The van der Waals surface area contributed by atoms with Crippen molar-refractivity contribution in [3.8, 4) is 0 Å². The number of para-hydroxylation sites is 1. The number of halogens is 3. The molecule has 204 valence electrons. The predicted octanol–water partition coefficient (Wildman–Crippen LogP) is 4.47. The van der Waals surface area contributed by atoms with Crippen LogP contribution in [-0.4, -0.2) is 62.2 Å². The average Bonchev–Trinajstić information content (AvgIpc) is 2.83. The Hall–Kier alpha value is -2.40. The van der Waals surface area contributed by atoms with Gasteiger partial charge >= 0.3 is 10.2 Å². The van der Waals surface area contributed by atoms with E-state index in [0.717, 1.165) is 10.4 Å². The van der Waals surface area contributed by atoms with Crippen LogP contribution in [0.3, 0.4) is 0 Å². The van der Waals surface area contributed by atoms with Crippen LogP contribution >= 0.6 is 23.2 Å². The van der Waals surface area contributed by atoms with Gasteiger partial charge in [0.05, 0.1) is 5.69 Å². The molecule has 0 aliphatic carbocycles. The monoisotopic (exact) mass is 574 g/mol. The summed E-state index contributed by atoms with van der Waals surface area (Å²) < 4.78 is 42.6. The van der Waals surface area contributed by atoms with E-state index in [9.17, 15) is 22.4 Å². The Kier molecular flexibility index (Phi) is 11.2. The minimum Gasteiger partial charge on any atom is -0.352 e.